The third kappa shape index (κ3) is 4.32. The number of amides is 2. The number of carbonyl (C=O) groups excluding carboxylic acids is 1. The second kappa shape index (κ2) is 5.97. The van der Waals surface area contributed by atoms with E-state index in [1.165, 1.54) is 11.3 Å². The predicted molar refractivity (Wildman–Crippen MR) is 69.4 cm³/mol. The Labute approximate surface area is 105 Å². The maximum Gasteiger partial charge on any atom is 0.321 e. The van der Waals surface area contributed by atoms with Gasteiger partial charge < -0.3 is 10.4 Å². The van der Waals surface area contributed by atoms with Crippen molar-refractivity contribution in [1.29, 1.82) is 0 Å². The molecule has 1 unspecified atom stereocenters. The van der Waals surface area contributed by atoms with Gasteiger partial charge in [-0.25, -0.2) is 9.78 Å². The van der Waals surface area contributed by atoms with E-state index >= 15 is 0 Å². The summed E-state index contributed by atoms with van der Waals surface area (Å²) in [7, 11) is 0. The van der Waals surface area contributed by atoms with E-state index in [2.05, 4.69) is 15.6 Å². The molecular weight excluding hydrogens is 238 g/mol. The molecule has 0 aliphatic rings. The van der Waals surface area contributed by atoms with Crippen LogP contribution in [0.15, 0.2) is 6.20 Å². The zero-order chi connectivity index (χ0) is 12.9. The average Bonchev–Trinajstić information content (AvgIpc) is 2.64. The minimum absolute atomic E-state index is 0.0782. The van der Waals surface area contributed by atoms with E-state index < -0.39 is 5.54 Å². The number of rotatable bonds is 5. The molecule has 1 aromatic heterocycles. The summed E-state index contributed by atoms with van der Waals surface area (Å²) in [5.74, 6) is 0. The van der Waals surface area contributed by atoms with Crippen LogP contribution in [-0.4, -0.2) is 28.3 Å². The van der Waals surface area contributed by atoms with Crippen LogP contribution in [0.25, 0.3) is 0 Å². The van der Waals surface area contributed by atoms with Crippen LogP contribution < -0.4 is 10.6 Å². The normalized spacial score (nSPS) is 14.1. The zero-order valence-corrected chi connectivity index (χ0v) is 11.2. The van der Waals surface area contributed by atoms with Crippen LogP contribution in [0.3, 0.4) is 0 Å². The maximum atomic E-state index is 11.7. The second-order valence-corrected chi connectivity index (χ2v) is 5.56. The summed E-state index contributed by atoms with van der Waals surface area (Å²) < 4.78 is 0. The lowest BCUT2D eigenvalue weighted by atomic mass is 9.98. The number of anilines is 1. The lowest BCUT2D eigenvalue weighted by Gasteiger charge is -2.28. The number of nitrogens with zero attached hydrogens (tertiary/aromatic N) is 1. The van der Waals surface area contributed by atoms with Gasteiger partial charge in [-0.2, -0.15) is 0 Å². The lowest BCUT2D eigenvalue weighted by molar-refractivity contribution is 0.167. The molecular formula is C11H19N3O2S. The van der Waals surface area contributed by atoms with E-state index in [0.717, 1.165) is 17.7 Å². The van der Waals surface area contributed by atoms with Crippen LogP contribution in [-0.2, 0) is 0 Å². The van der Waals surface area contributed by atoms with Crippen LogP contribution in [0.2, 0.25) is 0 Å². The average molecular weight is 257 g/mol. The van der Waals surface area contributed by atoms with Gasteiger partial charge in [0.05, 0.1) is 12.1 Å². The number of thiazole rings is 1. The Balaban J connectivity index is 2.53. The molecule has 0 radical (unpaired) electrons. The molecule has 3 N–H and O–H groups in total. The van der Waals surface area contributed by atoms with Gasteiger partial charge in [0, 0.05) is 11.1 Å². The van der Waals surface area contributed by atoms with Gasteiger partial charge in [-0.15, -0.1) is 11.3 Å². The van der Waals surface area contributed by atoms with Crippen molar-refractivity contribution in [1.82, 2.24) is 10.3 Å². The number of nitrogens with one attached hydrogen (secondary N) is 2. The van der Waals surface area contributed by atoms with Crippen molar-refractivity contribution in [2.45, 2.75) is 39.2 Å². The molecule has 96 valence electrons. The number of aromatic nitrogens is 1. The summed E-state index contributed by atoms with van der Waals surface area (Å²) in [5, 5.41) is 15.3. The van der Waals surface area contributed by atoms with Gasteiger partial charge in [0.25, 0.3) is 0 Å². The Morgan fingerprint density at radius 1 is 1.65 bits per heavy atom. The van der Waals surface area contributed by atoms with Gasteiger partial charge >= 0.3 is 6.03 Å². The number of urea groups is 1. The lowest BCUT2D eigenvalue weighted by Crippen LogP contribution is -2.50. The summed E-state index contributed by atoms with van der Waals surface area (Å²) in [4.78, 5) is 16.8. The first kappa shape index (κ1) is 13.9. The highest BCUT2D eigenvalue weighted by Gasteiger charge is 2.24. The maximum absolute atomic E-state index is 11.7. The van der Waals surface area contributed by atoms with Crippen LogP contribution in [0.5, 0.6) is 0 Å². The van der Waals surface area contributed by atoms with E-state index in [1.54, 1.807) is 6.20 Å². The Morgan fingerprint density at radius 2 is 2.35 bits per heavy atom. The van der Waals surface area contributed by atoms with Gasteiger partial charge in [0.2, 0.25) is 0 Å². The summed E-state index contributed by atoms with van der Waals surface area (Å²) in [5.41, 5.74) is -0.578. The molecule has 5 nitrogen and oxygen atoms in total. The van der Waals surface area contributed by atoms with Gasteiger partial charge in [-0.05, 0) is 20.3 Å². The molecule has 0 fully saturated rings. The highest BCUT2D eigenvalue weighted by Crippen LogP contribution is 2.17. The smallest absolute Gasteiger partial charge is 0.321 e. The fourth-order valence-corrected chi connectivity index (χ4v) is 2.21. The van der Waals surface area contributed by atoms with Gasteiger partial charge in [0.15, 0.2) is 5.13 Å². The van der Waals surface area contributed by atoms with Crippen molar-refractivity contribution >= 4 is 22.5 Å². The first-order valence-corrected chi connectivity index (χ1v) is 6.43. The number of hydrogen-bond acceptors (Lipinski definition) is 4. The molecule has 0 aromatic carbocycles. The summed E-state index contributed by atoms with van der Waals surface area (Å²) in [6.07, 6.45) is 3.33. The third-order valence-electron chi connectivity index (χ3n) is 2.41. The minimum Gasteiger partial charge on any atom is -0.394 e. The van der Waals surface area contributed by atoms with E-state index in [4.69, 9.17) is 0 Å². The number of carbonyl (C=O) groups is 1. The number of hydrogen-bond donors (Lipinski definition) is 3. The van der Waals surface area contributed by atoms with Crippen LogP contribution in [0, 0.1) is 6.92 Å². The van der Waals surface area contributed by atoms with Crippen LogP contribution in [0.1, 0.15) is 31.6 Å². The minimum atomic E-state index is -0.578. The van der Waals surface area contributed by atoms with Crippen molar-refractivity contribution in [3.8, 4) is 0 Å². The predicted octanol–water partition coefficient (Wildman–Crippen LogP) is 2.12. The van der Waals surface area contributed by atoms with E-state index in [-0.39, 0.29) is 12.6 Å². The van der Waals surface area contributed by atoms with Gasteiger partial charge in [0.1, 0.15) is 0 Å². The molecule has 0 saturated heterocycles. The molecule has 1 heterocycles. The Kier molecular flexibility index (Phi) is 4.89. The second-order valence-electron chi connectivity index (χ2n) is 4.32. The Hall–Kier alpha value is -1.14. The topological polar surface area (TPSA) is 74.2 Å². The standard InChI is InChI=1S/C11H19N3O2S/c1-4-5-11(3,7-15)14-9(16)13-10-12-6-8(2)17-10/h6,15H,4-5,7H2,1-3H3,(H2,12,13,14,16). The fraction of sp³-hybridized carbons (Fsp3) is 0.636. The first-order chi connectivity index (χ1) is 7.99. The molecule has 1 aromatic rings. The molecule has 6 heteroatoms. The molecule has 0 aliphatic heterocycles. The monoisotopic (exact) mass is 257 g/mol. The van der Waals surface area contributed by atoms with Crippen molar-refractivity contribution in [3.05, 3.63) is 11.1 Å². The van der Waals surface area contributed by atoms with Gasteiger partial charge in [-0.1, -0.05) is 13.3 Å². The molecule has 0 aliphatic carbocycles. The van der Waals surface area contributed by atoms with Crippen LogP contribution in [0.4, 0.5) is 9.93 Å². The SMILES string of the molecule is CCCC(C)(CO)NC(=O)Nc1ncc(C)s1. The Morgan fingerprint density at radius 3 is 2.82 bits per heavy atom. The van der Waals surface area contributed by atoms with E-state index in [1.807, 2.05) is 20.8 Å². The highest BCUT2D eigenvalue weighted by molar-refractivity contribution is 7.15. The molecule has 17 heavy (non-hydrogen) atoms. The molecule has 2 amide bonds. The quantitative estimate of drug-likeness (QED) is 0.756. The van der Waals surface area contributed by atoms with Crippen molar-refractivity contribution in [2.24, 2.45) is 0 Å². The first-order valence-electron chi connectivity index (χ1n) is 5.61. The summed E-state index contributed by atoms with van der Waals surface area (Å²) in [6.45, 7) is 5.68. The summed E-state index contributed by atoms with van der Waals surface area (Å²) >= 11 is 1.42. The molecule has 0 bridgehead atoms. The highest BCUT2D eigenvalue weighted by atomic mass is 32.1. The van der Waals surface area contributed by atoms with Crippen molar-refractivity contribution < 1.29 is 9.90 Å². The van der Waals surface area contributed by atoms with E-state index in [9.17, 15) is 9.90 Å². The molecule has 1 atom stereocenters. The molecule has 0 spiro atoms. The molecule has 0 saturated carbocycles. The number of aliphatic hydroxyl groups excluding tert-OH is 1. The summed E-state index contributed by atoms with van der Waals surface area (Å²) in [6, 6.07) is -0.329. The Bertz CT molecular complexity index is 381. The number of aliphatic hydroxyl groups is 1. The molecule has 1 rings (SSSR count). The zero-order valence-electron chi connectivity index (χ0n) is 10.4. The van der Waals surface area contributed by atoms with Gasteiger partial charge in [-0.3, -0.25) is 5.32 Å². The third-order valence-corrected chi connectivity index (χ3v) is 3.24. The fourth-order valence-electron chi connectivity index (χ4n) is 1.55. The largest absolute Gasteiger partial charge is 0.394 e. The van der Waals surface area contributed by atoms with Crippen molar-refractivity contribution in [2.75, 3.05) is 11.9 Å². The number of aryl methyl sites for hydroxylation is 1. The van der Waals surface area contributed by atoms with Crippen molar-refractivity contribution in [3.63, 3.8) is 0 Å². The van der Waals surface area contributed by atoms with E-state index in [0.29, 0.717) is 5.13 Å². The van der Waals surface area contributed by atoms with Crippen LogP contribution >= 0.6 is 11.3 Å².